The summed E-state index contributed by atoms with van der Waals surface area (Å²) in [6.45, 7) is 0.592. The highest BCUT2D eigenvalue weighted by Gasteiger charge is 2.36. The molecule has 1 heterocycles. The molecule has 0 saturated heterocycles. The lowest BCUT2D eigenvalue weighted by molar-refractivity contribution is -0.136. The Hall–Kier alpha value is -1.86. The van der Waals surface area contributed by atoms with Gasteiger partial charge in [-0.2, -0.15) is 5.26 Å². The summed E-state index contributed by atoms with van der Waals surface area (Å²) in [4.78, 5) is 14.5. The molecule has 4 nitrogen and oxygen atoms in total. The summed E-state index contributed by atoms with van der Waals surface area (Å²) >= 11 is 0. The Balaban J connectivity index is 1.79. The Morgan fingerprint density at radius 1 is 1.27 bits per heavy atom. The molecule has 2 N–H and O–H groups in total. The van der Waals surface area contributed by atoms with Crippen molar-refractivity contribution in [1.82, 2.24) is 4.90 Å². The maximum atomic E-state index is 12.8. The summed E-state index contributed by atoms with van der Waals surface area (Å²) in [5.74, 6) is 0.228. The van der Waals surface area contributed by atoms with Crippen molar-refractivity contribution in [3.05, 3.63) is 35.4 Å². The van der Waals surface area contributed by atoms with Crippen molar-refractivity contribution < 1.29 is 4.79 Å². The lowest BCUT2D eigenvalue weighted by Crippen LogP contribution is -2.51. The normalized spacial score (nSPS) is 23.5. The predicted molar refractivity (Wildman–Crippen MR) is 84.8 cm³/mol. The molecule has 1 aliphatic carbocycles. The number of nitriles is 1. The molecule has 1 unspecified atom stereocenters. The Bertz CT molecular complexity index is 586. The van der Waals surface area contributed by atoms with Crippen LogP contribution >= 0.6 is 0 Å². The van der Waals surface area contributed by atoms with Gasteiger partial charge in [0, 0.05) is 6.54 Å². The van der Waals surface area contributed by atoms with E-state index in [1.807, 2.05) is 24.3 Å². The highest BCUT2D eigenvalue weighted by Crippen LogP contribution is 2.32. The molecule has 0 aromatic heterocycles. The first kappa shape index (κ1) is 15.1. The minimum atomic E-state index is -0.493. The highest BCUT2D eigenvalue weighted by atomic mass is 16.2. The molecule has 116 valence electrons. The van der Waals surface area contributed by atoms with Crippen molar-refractivity contribution >= 4 is 5.91 Å². The minimum absolute atomic E-state index is 0.0482. The van der Waals surface area contributed by atoms with Gasteiger partial charge in [0.25, 0.3) is 0 Å². The van der Waals surface area contributed by atoms with Gasteiger partial charge in [-0.05, 0) is 36.3 Å². The number of benzene rings is 1. The molecule has 3 rings (SSSR count). The van der Waals surface area contributed by atoms with E-state index in [1.54, 1.807) is 4.90 Å². The predicted octanol–water partition coefficient (Wildman–Crippen LogP) is 2.54. The summed E-state index contributed by atoms with van der Waals surface area (Å²) in [5, 5.41) is 9.56. The lowest BCUT2D eigenvalue weighted by Gasteiger charge is -2.37. The number of rotatable bonds is 2. The van der Waals surface area contributed by atoms with Crippen molar-refractivity contribution in [3.63, 3.8) is 0 Å². The molecule has 0 spiro atoms. The zero-order chi connectivity index (χ0) is 15.5. The molecule has 1 saturated carbocycles. The van der Waals surface area contributed by atoms with Gasteiger partial charge < -0.3 is 10.6 Å². The number of carbonyl (C=O) groups is 1. The van der Waals surface area contributed by atoms with Crippen LogP contribution in [0.3, 0.4) is 0 Å². The lowest BCUT2D eigenvalue weighted by atomic mass is 9.83. The van der Waals surface area contributed by atoms with E-state index in [0.29, 0.717) is 6.54 Å². The second-order valence-corrected chi connectivity index (χ2v) is 6.44. The molecule has 4 heteroatoms. The van der Waals surface area contributed by atoms with E-state index in [1.165, 1.54) is 12.0 Å². The minimum Gasteiger partial charge on any atom is -0.321 e. The number of fused-ring (bicyclic) bond motifs is 1. The maximum absolute atomic E-state index is 12.8. The molecule has 2 aliphatic rings. The SMILES string of the molecule is N#CC1c2ccccc2CCN1C(=O)[C@@H](N)C1CCCCC1. The molecule has 0 radical (unpaired) electrons. The molecule has 1 aromatic rings. The molecule has 1 aromatic carbocycles. The van der Waals surface area contributed by atoms with Gasteiger partial charge in [0.15, 0.2) is 0 Å². The number of nitrogens with two attached hydrogens (primary N) is 1. The summed E-state index contributed by atoms with van der Waals surface area (Å²) in [6.07, 6.45) is 6.45. The van der Waals surface area contributed by atoms with Gasteiger partial charge in [0.2, 0.25) is 5.91 Å². The van der Waals surface area contributed by atoms with Crippen LogP contribution in [-0.2, 0) is 11.2 Å². The van der Waals surface area contributed by atoms with E-state index in [0.717, 1.165) is 37.7 Å². The second-order valence-electron chi connectivity index (χ2n) is 6.44. The number of amides is 1. The number of hydrogen-bond acceptors (Lipinski definition) is 3. The van der Waals surface area contributed by atoms with Crippen molar-refractivity contribution in [1.29, 1.82) is 5.26 Å². The van der Waals surface area contributed by atoms with E-state index < -0.39 is 12.1 Å². The van der Waals surface area contributed by atoms with Crippen LogP contribution in [0.4, 0.5) is 0 Å². The fourth-order valence-electron chi connectivity index (χ4n) is 3.83. The van der Waals surface area contributed by atoms with Crippen LogP contribution in [0.5, 0.6) is 0 Å². The molecule has 2 atom stereocenters. The van der Waals surface area contributed by atoms with E-state index in [2.05, 4.69) is 6.07 Å². The zero-order valence-electron chi connectivity index (χ0n) is 12.9. The summed E-state index contributed by atoms with van der Waals surface area (Å²) in [7, 11) is 0. The molecule has 1 fully saturated rings. The Kier molecular flexibility index (Phi) is 4.44. The molecule has 0 bridgehead atoms. The zero-order valence-corrected chi connectivity index (χ0v) is 12.9. The monoisotopic (exact) mass is 297 g/mol. The second kappa shape index (κ2) is 6.50. The van der Waals surface area contributed by atoms with Crippen LogP contribution in [0, 0.1) is 17.2 Å². The van der Waals surface area contributed by atoms with E-state index in [9.17, 15) is 10.1 Å². The smallest absolute Gasteiger partial charge is 0.241 e. The van der Waals surface area contributed by atoms with Crippen LogP contribution in [0.15, 0.2) is 24.3 Å². The summed E-state index contributed by atoms with van der Waals surface area (Å²) in [6, 6.07) is 9.26. The first-order valence-electron chi connectivity index (χ1n) is 8.26. The van der Waals surface area contributed by atoms with Crippen LogP contribution in [0.25, 0.3) is 0 Å². The molecule has 1 aliphatic heterocycles. The van der Waals surface area contributed by atoms with Crippen molar-refractivity contribution in [2.24, 2.45) is 11.7 Å². The number of hydrogen-bond donors (Lipinski definition) is 1. The van der Waals surface area contributed by atoms with Gasteiger partial charge >= 0.3 is 0 Å². The fourth-order valence-corrected chi connectivity index (χ4v) is 3.83. The van der Waals surface area contributed by atoms with Crippen LogP contribution in [0.1, 0.15) is 49.3 Å². The van der Waals surface area contributed by atoms with E-state index in [4.69, 9.17) is 5.73 Å². The summed E-state index contributed by atoms with van der Waals surface area (Å²) in [5.41, 5.74) is 8.39. The molecule has 1 amide bonds. The van der Waals surface area contributed by atoms with Crippen LogP contribution < -0.4 is 5.73 Å². The Morgan fingerprint density at radius 2 is 2.00 bits per heavy atom. The first-order valence-corrected chi connectivity index (χ1v) is 8.26. The maximum Gasteiger partial charge on any atom is 0.241 e. The molecular formula is C18H23N3O. The first-order chi connectivity index (χ1) is 10.7. The third-order valence-corrected chi connectivity index (χ3v) is 5.13. The largest absolute Gasteiger partial charge is 0.321 e. The van der Waals surface area contributed by atoms with Gasteiger partial charge in [-0.15, -0.1) is 0 Å². The van der Waals surface area contributed by atoms with Gasteiger partial charge in [-0.1, -0.05) is 43.5 Å². The van der Waals surface area contributed by atoms with Crippen LogP contribution in [-0.4, -0.2) is 23.4 Å². The van der Waals surface area contributed by atoms with Gasteiger partial charge in [0.05, 0.1) is 12.1 Å². The van der Waals surface area contributed by atoms with Crippen molar-refractivity contribution in [2.75, 3.05) is 6.54 Å². The number of nitrogens with zero attached hydrogens (tertiary/aromatic N) is 2. The number of carbonyl (C=O) groups excluding carboxylic acids is 1. The van der Waals surface area contributed by atoms with Gasteiger partial charge in [-0.25, -0.2) is 0 Å². The average Bonchev–Trinajstić information content (AvgIpc) is 2.60. The third-order valence-electron chi connectivity index (χ3n) is 5.13. The highest BCUT2D eigenvalue weighted by molar-refractivity contribution is 5.83. The Labute approximate surface area is 131 Å². The third kappa shape index (κ3) is 2.74. The average molecular weight is 297 g/mol. The van der Waals surface area contributed by atoms with Gasteiger partial charge in [-0.3, -0.25) is 4.79 Å². The standard InChI is InChI=1S/C18H23N3O/c19-12-16-15-9-5-4-6-13(15)10-11-21(16)18(22)17(20)14-7-2-1-3-8-14/h4-6,9,14,16-17H,1-3,7-8,10-11,20H2/t16?,17-/m0/s1. The van der Waals surface area contributed by atoms with Crippen molar-refractivity contribution in [2.45, 2.75) is 50.6 Å². The van der Waals surface area contributed by atoms with Gasteiger partial charge in [0.1, 0.15) is 6.04 Å². The molecular weight excluding hydrogens is 274 g/mol. The fraction of sp³-hybridized carbons (Fsp3) is 0.556. The van der Waals surface area contributed by atoms with E-state index in [-0.39, 0.29) is 11.8 Å². The van der Waals surface area contributed by atoms with Crippen LogP contribution in [0.2, 0.25) is 0 Å². The Morgan fingerprint density at radius 3 is 2.73 bits per heavy atom. The topological polar surface area (TPSA) is 70.1 Å². The van der Waals surface area contributed by atoms with E-state index >= 15 is 0 Å². The molecule has 22 heavy (non-hydrogen) atoms. The summed E-state index contributed by atoms with van der Waals surface area (Å²) < 4.78 is 0. The van der Waals surface area contributed by atoms with Crippen molar-refractivity contribution in [3.8, 4) is 6.07 Å². The quantitative estimate of drug-likeness (QED) is 0.912.